The fourth-order valence-corrected chi connectivity index (χ4v) is 1.78. The van der Waals surface area contributed by atoms with Gasteiger partial charge in [0.1, 0.15) is 5.75 Å². The Labute approximate surface area is 59.5 Å². The van der Waals surface area contributed by atoms with Crippen molar-refractivity contribution in [3.05, 3.63) is 0 Å². The predicted molar refractivity (Wildman–Crippen MR) is 38.3 cm³/mol. The van der Waals surface area contributed by atoms with E-state index in [-0.39, 0.29) is 12.0 Å². The minimum atomic E-state index is -0.835. The molecule has 0 aliphatic carbocycles. The zero-order valence-electron chi connectivity index (χ0n) is 6.14. The Balaban J connectivity index is 3.58. The lowest BCUT2D eigenvalue weighted by Gasteiger charge is -2.19. The lowest BCUT2D eigenvalue weighted by molar-refractivity contribution is 0.107. The van der Waals surface area contributed by atoms with Crippen molar-refractivity contribution in [3.8, 4) is 0 Å². The van der Waals surface area contributed by atoms with Gasteiger partial charge in [0, 0.05) is 5.41 Å². The SMILES string of the molecule is C[S+]([O-])CC(C)(C)C[O]. The van der Waals surface area contributed by atoms with Crippen LogP contribution in [0.4, 0.5) is 0 Å². The van der Waals surface area contributed by atoms with Crippen molar-refractivity contribution in [1.82, 2.24) is 0 Å². The predicted octanol–water partition coefficient (Wildman–Crippen LogP) is 0.822. The number of hydrogen-bond acceptors (Lipinski definition) is 1. The molecule has 0 N–H and O–H groups in total. The Kier molecular flexibility index (Phi) is 3.54. The van der Waals surface area contributed by atoms with Crippen molar-refractivity contribution in [2.45, 2.75) is 13.8 Å². The Morgan fingerprint density at radius 1 is 1.56 bits per heavy atom. The van der Waals surface area contributed by atoms with Crippen molar-refractivity contribution < 1.29 is 9.66 Å². The van der Waals surface area contributed by atoms with Crippen LogP contribution in [-0.2, 0) is 16.3 Å². The normalized spacial score (nSPS) is 15.7. The Hall–Kier alpha value is 0.270. The molecule has 0 aliphatic rings. The molecule has 0 saturated heterocycles. The third-order valence-corrected chi connectivity index (χ3v) is 2.17. The molecule has 0 amide bonds. The van der Waals surface area contributed by atoms with Crippen molar-refractivity contribution in [1.29, 1.82) is 0 Å². The first-order valence-corrected chi connectivity index (χ1v) is 4.59. The highest BCUT2D eigenvalue weighted by Gasteiger charge is 2.22. The maximum atomic E-state index is 10.6. The molecule has 0 aliphatic heterocycles. The Bertz CT molecular complexity index is 81.1. The molecule has 55 valence electrons. The molecule has 1 atom stereocenters. The fourth-order valence-electron chi connectivity index (χ4n) is 0.592. The molecule has 1 unspecified atom stereocenters. The molecule has 0 fully saturated rings. The van der Waals surface area contributed by atoms with Gasteiger partial charge in [-0.15, -0.1) is 0 Å². The van der Waals surface area contributed by atoms with Crippen LogP contribution in [-0.4, -0.2) is 23.2 Å². The van der Waals surface area contributed by atoms with Gasteiger partial charge < -0.3 is 4.55 Å². The molecule has 0 bridgehead atoms. The third-order valence-electron chi connectivity index (χ3n) is 0.985. The molecular weight excluding hydrogens is 136 g/mol. The molecule has 0 spiro atoms. The number of rotatable bonds is 3. The van der Waals surface area contributed by atoms with Crippen molar-refractivity contribution in [2.75, 3.05) is 18.6 Å². The van der Waals surface area contributed by atoms with Crippen LogP contribution in [0.2, 0.25) is 0 Å². The van der Waals surface area contributed by atoms with E-state index in [1.54, 1.807) is 6.26 Å². The van der Waals surface area contributed by atoms with Crippen molar-refractivity contribution >= 4 is 11.2 Å². The monoisotopic (exact) mass is 149 g/mol. The second-order valence-corrected chi connectivity index (χ2v) is 4.46. The summed E-state index contributed by atoms with van der Waals surface area (Å²) in [5.41, 5.74) is -0.292. The van der Waals surface area contributed by atoms with Gasteiger partial charge in [-0.1, -0.05) is 25.0 Å². The first kappa shape index (κ1) is 9.27. The molecule has 3 heteroatoms. The lowest BCUT2D eigenvalue weighted by Crippen LogP contribution is -2.26. The van der Waals surface area contributed by atoms with Gasteiger partial charge in [-0.3, -0.25) is 0 Å². The van der Waals surface area contributed by atoms with E-state index in [9.17, 15) is 9.66 Å². The minimum Gasteiger partial charge on any atom is -0.617 e. The quantitative estimate of drug-likeness (QED) is 0.548. The van der Waals surface area contributed by atoms with Gasteiger partial charge in [0.2, 0.25) is 0 Å². The number of hydrogen-bond donors (Lipinski definition) is 0. The summed E-state index contributed by atoms with van der Waals surface area (Å²) < 4.78 is 10.6. The van der Waals surface area contributed by atoms with Gasteiger partial charge in [-0.2, -0.15) is 0 Å². The highest BCUT2D eigenvalue weighted by atomic mass is 32.2. The van der Waals surface area contributed by atoms with Crippen LogP contribution in [0, 0.1) is 5.41 Å². The van der Waals surface area contributed by atoms with Crippen LogP contribution in [0.15, 0.2) is 0 Å². The first-order valence-electron chi connectivity index (χ1n) is 2.86. The molecule has 0 aromatic rings. The molecule has 0 aromatic carbocycles. The van der Waals surface area contributed by atoms with E-state index in [2.05, 4.69) is 0 Å². The van der Waals surface area contributed by atoms with E-state index in [1.807, 2.05) is 13.8 Å². The van der Waals surface area contributed by atoms with E-state index < -0.39 is 11.2 Å². The molecule has 0 aromatic heterocycles. The zero-order valence-corrected chi connectivity index (χ0v) is 6.96. The van der Waals surface area contributed by atoms with E-state index in [4.69, 9.17) is 0 Å². The van der Waals surface area contributed by atoms with Crippen molar-refractivity contribution in [2.24, 2.45) is 5.41 Å². The average molecular weight is 149 g/mol. The van der Waals surface area contributed by atoms with Crippen molar-refractivity contribution in [3.63, 3.8) is 0 Å². The topological polar surface area (TPSA) is 43.0 Å². The fraction of sp³-hybridized carbons (Fsp3) is 1.00. The molecular formula is C6H13O2S. The summed E-state index contributed by atoms with van der Waals surface area (Å²) in [6.07, 6.45) is 1.62. The van der Waals surface area contributed by atoms with Gasteiger partial charge in [-0.05, 0) is 0 Å². The summed E-state index contributed by atoms with van der Waals surface area (Å²) in [4.78, 5) is 0. The summed E-state index contributed by atoms with van der Waals surface area (Å²) >= 11 is -0.835. The minimum absolute atomic E-state index is 0.146. The smallest absolute Gasteiger partial charge is 0.112 e. The maximum absolute atomic E-state index is 10.6. The summed E-state index contributed by atoms with van der Waals surface area (Å²) in [7, 11) is 0. The van der Waals surface area contributed by atoms with E-state index in [0.29, 0.717) is 5.75 Å². The van der Waals surface area contributed by atoms with E-state index in [0.717, 1.165) is 0 Å². The average Bonchev–Trinajstić information content (AvgIpc) is 1.63. The van der Waals surface area contributed by atoms with Crippen LogP contribution in [0.25, 0.3) is 0 Å². The van der Waals surface area contributed by atoms with Gasteiger partial charge in [0.15, 0.2) is 0 Å². The van der Waals surface area contributed by atoms with Crippen LogP contribution in [0.5, 0.6) is 0 Å². The maximum Gasteiger partial charge on any atom is 0.112 e. The van der Waals surface area contributed by atoms with Crippen LogP contribution < -0.4 is 0 Å². The standard InChI is InChI=1S/C6H13O2S/c1-6(2,4-7)5-9(3)8/h4-5H2,1-3H3. The van der Waals surface area contributed by atoms with Gasteiger partial charge in [-0.25, -0.2) is 5.11 Å². The van der Waals surface area contributed by atoms with E-state index >= 15 is 0 Å². The van der Waals surface area contributed by atoms with Crippen LogP contribution in [0.1, 0.15) is 13.8 Å². The summed E-state index contributed by atoms with van der Waals surface area (Å²) in [5.74, 6) is 0.510. The van der Waals surface area contributed by atoms with Gasteiger partial charge >= 0.3 is 0 Å². The molecule has 2 nitrogen and oxygen atoms in total. The molecule has 9 heavy (non-hydrogen) atoms. The highest BCUT2D eigenvalue weighted by Crippen LogP contribution is 2.15. The largest absolute Gasteiger partial charge is 0.617 e. The van der Waals surface area contributed by atoms with Crippen LogP contribution >= 0.6 is 0 Å². The van der Waals surface area contributed by atoms with Crippen LogP contribution in [0.3, 0.4) is 0 Å². The highest BCUT2D eigenvalue weighted by molar-refractivity contribution is 7.90. The summed E-state index contributed by atoms with van der Waals surface area (Å²) in [5, 5.41) is 10.4. The molecule has 1 radical (unpaired) electrons. The van der Waals surface area contributed by atoms with E-state index in [1.165, 1.54) is 0 Å². The Morgan fingerprint density at radius 3 is 2.11 bits per heavy atom. The Morgan fingerprint density at radius 2 is 2.00 bits per heavy atom. The second kappa shape index (κ2) is 3.44. The summed E-state index contributed by atoms with van der Waals surface area (Å²) in [6.45, 7) is 3.52. The molecule has 0 saturated carbocycles. The summed E-state index contributed by atoms with van der Waals surface area (Å²) in [6, 6.07) is 0. The second-order valence-electron chi connectivity index (χ2n) is 3.03. The zero-order chi connectivity index (χ0) is 7.49. The third kappa shape index (κ3) is 4.75. The molecule has 0 rings (SSSR count). The van der Waals surface area contributed by atoms with Gasteiger partial charge in [0.25, 0.3) is 0 Å². The lowest BCUT2D eigenvalue weighted by atomic mass is 9.98. The van der Waals surface area contributed by atoms with Gasteiger partial charge in [0.05, 0.1) is 12.9 Å². The molecule has 0 heterocycles. The first-order chi connectivity index (χ1) is 3.98.